The molecule has 0 unspecified atom stereocenters. The topological polar surface area (TPSA) is 12.9 Å². The third-order valence-electron chi connectivity index (χ3n) is 4.09. The van der Waals surface area contributed by atoms with Crippen molar-refractivity contribution < 1.29 is 0 Å². The summed E-state index contributed by atoms with van der Waals surface area (Å²) in [7, 11) is 0. The van der Waals surface area contributed by atoms with Crippen LogP contribution in [-0.2, 0) is 11.8 Å². The lowest BCUT2D eigenvalue weighted by Crippen LogP contribution is -2.23. The first-order valence-corrected chi connectivity index (χ1v) is 7.67. The molecule has 1 fully saturated rings. The third kappa shape index (κ3) is 1.89. The van der Waals surface area contributed by atoms with E-state index in [-0.39, 0.29) is 5.41 Å². The van der Waals surface area contributed by atoms with Crippen LogP contribution in [0.5, 0.6) is 0 Å². The van der Waals surface area contributed by atoms with Crippen LogP contribution in [0.2, 0.25) is 0 Å². The Hall–Kier alpha value is -1.15. The normalized spacial score (nSPS) is 18.1. The van der Waals surface area contributed by atoms with Gasteiger partial charge in [-0.25, -0.2) is 4.98 Å². The maximum absolute atomic E-state index is 4.74. The maximum atomic E-state index is 4.74. The molecule has 1 saturated carbocycles. The van der Waals surface area contributed by atoms with Crippen LogP contribution in [-0.4, -0.2) is 4.98 Å². The minimum absolute atomic E-state index is 0.208. The Morgan fingerprint density at radius 1 is 1.17 bits per heavy atom. The van der Waals surface area contributed by atoms with Gasteiger partial charge in [0, 0.05) is 16.5 Å². The molecular weight excluding hydrogens is 238 g/mol. The van der Waals surface area contributed by atoms with Gasteiger partial charge in [-0.05, 0) is 24.8 Å². The lowest BCUT2D eigenvalue weighted by molar-refractivity contribution is 0.532. The molecule has 2 heteroatoms. The second-order valence-corrected chi connectivity index (χ2v) is 6.26. The minimum Gasteiger partial charge on any atom is -0.248 e. The van der Waals surface area contributed by atoms with Gasteiger partial charge in [-0.2, -0.15) is 0 Å². The van der Waals surface area contributed by atoms with Crippen molar-refractivity contribution >= 4 is 11.3 Å². The highest BCUT2D eigenvalue weighted by Gasteiger charge is 2.39. The van der Waals surface area contributed by atoms with Crippen molar-refractivity contribution in [1.29, 1.82) is 0 Å². The number of hydrogen-bond donors (Lipinski definition) is 0. The van der Waals surface area contributed by atoms with Gasteiger partial charge in [-0.3, -0.25) is 0 Å². The Balaban J connectivity index is 2.06. The molecule has 0 amide bonds. The summed E-state index contributed by atoms with van der Waals surface area (Å²) in [4.78, 5) is 6.15. The zero-order valence-corrected chi connectivity index (χ0v) is 11.7. The van der Waals surface area contributed by atoms with Crippen LogP contribution in [0.4, 0.5) is 0 Å². The number of hydrogen-bond acceptors (Lipinski definition) is 2. The van der Waals surface area contributed by atoms with Crippen molar-refractivity contribution in [3.8, 4) is 0 Å². The van der Waals surface area contributed by atoms with Crippen molar-refractivity contribution in [2.24, 2.45) is 0 Å². The van der Waals surface area contributed by atoms with E-state index >= 15 is 0 Å². The molecule has 1 aromatic carbocycles. The van der Waals surface area contributed by atoms with Gasteiger partial charge >= 0.3 is 0 Å². The molecule has 94 valence electrons. The highest BCUT2D eigenvalue weighted by atomic mass is 32.1. The van der Waals surface area contributed by atoms with Gasteiger partial charge in [0.05, 0.1) is 0 Å². The number of rotatable bonds is 3. The van der Waals surface area contributed by atoms with Crippen molar-refractivity contribution in [1.82, 2.24) is 4.98 Å². The summed E-state index contributed by atoms with van der Waals surface area (Å²) in [5.74, 6) is 0. The molecule has 1 aliphatic carbocycles. The average molecular weight is 257 g/mol. The summed E-state index contributed by atoms with van der Waals surface area (Å²) in [6.07, 6.45) is 8.35. The van der Waals surface area contributed by atoms with E-state index in [0.29, 0.717) is 0 Å². The summed E-state index contributed by atoms with van der Waals surface area (Å²) < 4.78 is 0. The van der Waals surface area contributed by atoms with Gasteiger partial charge in [0.2, 0.25) is 0 Å². The van der Waals surface area contributed by atoms with Gasteiger partial charge < -0.3 is 0 Å². The minimum atomic E-state index is 0.208. The molecule has 3 rings (SSSR count). The average Bonchev–Trinajstić information content (AvgIpc) is 3.09. The SMILES string of the molecule is CCc1cnc(C2(c3ccccc3)CCCC2)s1. The van der Waals surface area contributed by atoms with Crippen molar-refractivity contribution in [3.63, 3.8) is 0 Å². The van der Waals surface area contributed by atoms with Gasteiger partial charge in [0.25, 0.3) is 0 Å². The van der Waals surface area contributed by atoms with E-state index < -0.39 is 0 Å². The predicted molar refractivity (Wildman–Crippen MR) is 77.2 cm³/mol. The van der Waals surface area contributed by atoms with E-state index in [1.54, 1.807) is 0 Å². The van der Waals surface area contributed by atoms with E-state index in [1.165, 1.54) is 41.1 Å². The zero-order chi connectivity index (χ0) is 12.4. The van der Waals surface area contributed by atoms with Crippen molar-refractivity contribution in [2.75, 3.05) is 0 Å². The monoisotopic (exact) mass is 257 g/mol. The fourth-order valence-corrected chi connectivity index (χ4v) is 4.17. The fourth-order valence-electron chi connectivity index (χ4n) is 3.05. The molecule has 0 atom stereocenters. The molecule has 18 heavy (non-hydrogen) atoms. The number of benzene rings is 1. The van der Waals surface area contributed by atoms with Gasteiger partial charge in [0.15, 0.2) is 0 Å². The highest BCUT2D eigenvalue weighted by Crippen LogP contribution is 2.47. The molecule has 0 N–H and O–H groups in total. The summed E-state index contributed by atoms with van der Waals surface area (Å²) in [6.45, 7) is 2.21. The molecular formula is C16H19NS. The first kappa shape index (κ1) is 11.9. The van der Waals surface area contributed by atoms with Crippen LogP contribution >= 0.6 is 11.3 Å². The molecule has 0 radical (unpaired) electrons. The molecule has 1 nitrogen and oxygen atoms in total. The number of nitrogens with zero attached hydrogens (tertiary/aromatic N) is 1. The summed E-state index contributed by atoms with van der Waals surface area (Å²) in [5.41, 5.74) is 1.67. The molecule has 0 aliphatic heterocycles. The van der Waals surface area contributed by atoms with Crippen LogP contribution in [0.25, 0.3) is 0 Å². The van der Waals surface area contributed by atoms with Crippen LogP contribution in [0.3, 0.4) is 0 Å². The zero-order valence-electron chi connectivity index (χ0n) is 10.9. The van der Waals surface area contributed by atoms with Crippen LogP contribution < -0.4 is 0 Å². The Morgan fingerprint density at radius 2 is 1.89 bits per heavy atom. The van der Waals surface area contributed by atoms with E-state index in [0.717, 1.165) is 6.42 Å². The molecule has 1 heterocycles. The van der Waals surface area contributed by atoms with Crippen LogP contribution in [0, 0.1) is 0 Å². The smallest absolute Gasteiger partial charge is 0.103 e. The summed E-state index contributed by atoms with van der Waals surface area (Å²) in [6, 6.07) is 11.0. The standard InChI is InChI=1S/C16H19NS/c1-2-14-12-17-15(18-14)16(10-6-7-11-16)13-8-4-3-5-9-13/h3-5,8-9,12H,2,6-7,10-11H2,1H3. The lowest BCUT2D eigenvalue weighted by atomic mass is 9.79. The molecule has 1 aliphatic rings. The maximum Gasteiger partial charge on any atom is 0.103 e. The molecule has 0 bridgehead atoms. The predicted octanol–water partition coefficient (Wildman–Crippen LogP) is 4.57. The van der Waals surface area contributed by atoms with E-state index in [4.69, 9.17) is 4.98 Å². The quantitative estimate of drug-likeness (QED) is 0.785. The first-order chi connectivity index (χ1) is 8.85. The number of aromatic nitrogens is 1. The number of aryl methyl sites for hydroxylation is 1. The Morgan fingerprint density at radius 3 is 2.50 bits per heavy atom. The Labute approximate surface area is 113 Å². The van der Waals surface area contributed by atoms with E-state index in [9.17, 15) is 0 Å². The van der Waals surface area contributed by atoms with Gasteiger partial charge in [-0.1, -0.05) is 50.1 Å². The van der Waals surface area contributed by atoms with Crippen molar-refractivity contribution in [2.45, 2.75) is 44.4 Å². The molecule has 2 aromatic rings. The lowest BCUT2D eigenvalue weighted by Gasteiger charge is -2.27. The summed E-state index contributed by atoms with van der Waals surface area (Å²) >= 11 is 1.91. The van der Waals surface area contributed by atoms with E-state index in [2.05, 4.69) is 43.5 Å². The summed E-state index contributed by atoms with van der Waals surface area (Å²) in [5, 5.41) is 1.34. The fraction of sp³-hybridized carbons (Fsp3) is 0.438. The van der Waals surface area contributed by atoms with Gasteiger partial charge in [-0.15, -0.1) is 11.3 Å². The van der Waals surface area contributed by atoms with E-state index in [1.807, 2.05) is 11.3 Å². The largest absolute Gasteiger partial charge is 0.248 e. The third-order valence-corrected chi connectivity index (χ3v) is 5.44. The molecule has 0 saturated heterocycles. The molecule has 0 spiro atoms. The van der Waals surface area contributed by atoms with Crippen molar-refractivity contribution in [3.05, 3.63) is 52.0 Å². The van der Waals surface area contributed by atoms with Crippen LogP contribution in [0.1, 0.15) is 48.1 Å². The highest BCUT2D eigenvalue weighted by molar-refractivity contribution is 7.11. The second-order valence-electron chi connectivity index (χ2n) is 5.14. The Bertz CT molecular complexity index is 509. The van der Waals surface area contributed by atoms with Gasteiger partial charge in [0.1, 0.15) is 5.01 Å². The first-order valence-electron chi connectivity index (χ1n) is 6.86. The second kappa shape index (κ2) is 4.85. The molecule has 1 aromatic heterocycles. The van der Waals surface area contributed by atoms with Crippen LogP contribution in [0.15, 0.2) is 36.5 Å². The Kier molecular flexibility index (Phi) is 3.21. The number of thiazole rings is 1.